The fraction of sp³-hybridized carbons (Fsp3) is 0.125. The molecule has 1 heteroatoms. The van der Waals surface area contributed by atoms with E-state index in [1.807, 2.05) is 68.5 Å². The molecule has 0 aliphatic rings. The maximum absolute atomic E-state index is 9.95. The van der Waals surface area contributed by atoms with E-state index in [2.05, 4.69) is 0 Å². The molecule has 0 aliphatic heterocycles. The third-order valence-corrected chi connectivity index (χ3v) is 2.73. The van der Waals surface area contributed by atoms with Gasteiger partial charge in [-0.2, -0.15) is 0 Å². The molecule has 17 heavy (non-hydrogen) atoms. The zero-order valence-corrected chi connectivity index (χ0v) is 10.1. The molecule has 0 amide bonds. The summed E-state index contributed by atoms with van der Waals surface area (Å²) < 4.78 is 0. The van der Waals surface area contributed by atoms with Gasteiger partial charge in [0.25, 0.3) is 0 Å². The number of hydrogen-bond acceptors (Lipinski definition) is 1. The van der Waals surface area contributed by atoms with Crippen molar-refractivity contribution < 1.29 is 5.11 Å². The van der Waals surface area contributed by atoms with E-state index in [0.29, 0.717) is 5.75 Å². The second-order valence-corrected chi connectivity index (χ2v) is 4.26. The van der Waals surface area contributed by atoms with Crippen LogP contribution in [0.2, 0.25) is 0 Å². The maximum atomic E-state index is 9.95. The summed E-state index contributed by atoms with van der Waals surface area (Å²) in [6, 6.07) is 14.0. The van der Waals surface area contributed by atoms with Gasteiger partial charge in [0.15, 0.2) is 0 Å². The van der Waals surface area contributed by atoms with Crippen molar-refractivity contribution in [2.45, 2.75) is 13.8 Å². The van der Waals surface area contributed by atoms with E-state index in [9.17, 15) is 5.11 Å². The van der Waals surface area contributed by atoms with Gasteiger partial charge in [0.2, 0.25) is 0 Å². The fourth-order valence-corrected chi connectivity index (χ4v) is 1.87. The molecule has 0 saturated heterocycles. The van der Waals surface area contributed by atoms with Crippen LogP contribution in [0, 0.1) is 13.8 Å². The van der Waals surface area contributed by atoms with Crippen molar-refractivity contribution in [2.75, 3.05) is 0 Å². The van der Waals surface area contributed by atoms with Crippen molar-refractivity contribution in [2.24, 2.45) is 0 Å². The lowest BCUT2D eigenvalue weighted by Crippen LogP contribution is -1.83. The molecule has 2 aromatic carbocycles. The van der Waals surface area contributed by atoms with Crippen LogP contribution >= 0.6 is 0 Å². The van der Waals surface area contributed by atoms with Gasteiger partial charge in [0.1, 0.15) is 5.75 Å². The Hall–Kier alpha value is -2.02. The summed E-state index contributed by atoms with van der Waals surface area (Å²) in [7, 11) is 0. The highest BCUT2D eigenvalue weighted by atomic mass is 16.3. The number of rotatable bonds is 2. The van der Waals surface area contributed by atoms with E-state index in [0.717, 1.165) is 22.3 Å². The number of aromatic hydroxyl groups is 1. The van der Waals surface area contributed by atoms with Gasteiger partial charge in [-0.3, -0.25) is 0 Å². The predicted molar refractivity (Wildman–Crippen MR) is 73.0 cm³/mol. The standard InChI is InChI=1S/C16H16O/c1-12-10-13(2)16(17)15(11-12)9-8-14-6-4-3-5-7-14/h3-11,17H,1-2H3. The van der Waals surface area contributed by atoms with Crippen molar-refractivity contribution in [3.05, 3.63) is 64.7 Å². The van der Waals surface area contributed by atoms with Crippen LogP contribution in [0.5, 0.6) is 5.75 Å². The molecule has 1 nitrogen and oxygen atoms in total. The number of benzene rings is 2. The highest BCUT2D eigenvalue weighted by Gasteiger charge is 2.02. The monoisotopic (exact) mass is 224 g/mol. The Morgan fingerprint density at radius 3 is 2.35 bits per heavy atom. The molecule has 1 N–H and O–H groups in total. The fourth-order valence-electron chi connectivity index (χ4n) is 1.87. The highest BCUT2D eigenvalue weighted by molar-refractivity contribution is 5.73. The molecule has 0 bridgehead atoms. The summed E-state index contributed by atoms with van der Waals surface area (Å²) in [5.74, 6) is 0.364. The van der Waals surface area contributed by atoms with E-state index in [4.69, 9.17) is 0 Å². The Balaban J connectivity index is 2.33. The Morgan fingerprint density at radius 2 is 1.65 bits per heavy atom. The SMILES string of the molecule is Cc1cc(C)c(O)c(C=Cc2ccccc2)c1. The molecular formula is C16H16O. The molecule has 0 unspecified atom stereocenters. The first-order valence-corrected chi connectivity index (χ1v) is 5.70. The lowest BCUT2D eigenvalue weighted by molar-refractivity contribution is 0.469. The largest absolute Gasteiger partial charge is 0.507 e. The first-order valence-electron chi connectivity index (χ1n) is 5.70. The minimum absolute atomic E-state index is 0.364. The minimum Gasteiger partial charge on any atom is -0.507 e. The number of aryl methyl sites for hydroxylation is 2. The van der Waals surface area contributed by atoms with Crippen LogP contribution in [0.15, 0.2) is 42.5 Å². The summed E-state index contributed by atoms with van der Waals surface area (Å²) in [5, 5.41) is 9.95. The van der Waals surface area contributed by atoms with E-state index in [-0.39, 0.29) is 0 Å². The third kappa shape index (κ3) is 2.76. The summed E-state index contributed by atoms with van der Waals surface area (Å²) in [5.41, 5.74) is 4.07. The first kappa shape index (κ1) is 11.5. The van der Waals surface area contributed by atoms with Gasteiger partial charge in [0, 0.05) is 5.56 Å². The third-order valence-electron chi connectivity index (χ3n) is 2.73. The molecule has 0 aromatic heterocycles. The molecular weight excluding hydrogens is 208 g/mol. The maximum Gasteiger partial charge on any atom is 0.125 e. The first-order chi connectivity index (χ1) is 8.16. The average Bonchev–Trinajstić information content (AvgIpc) is 2.33. The van der Waals surface area contributed by atoms with Crippen molar-refractivity contribution in [1.29, 1.82) is 0 Å². The van der Waals surface area contributed by atoms with Gasteiger partial charge in [-0.25, -0.2) is 0 Å². The summed E-state index contributed by atoms with van der Waals surface area (Å²) in [6.07, 6.45) is 3.96. The van der Waals surface area contributed by atoms with Crippen LogP contribution in [-0.2, 0) is 0 Å². The molecule has 86 valence electrons. The molecule has 2 aromatic rings. The molecule has 0 aliphatic carbocycles. The summed E-state index contributed by atoms with van der Waals surface area (Å²) in [6.45, 7) is 3.95. The van der Waals surface area contributed by atoms with E-state index in [1.54, 1.807) is 0 Å². The topological polar surface area (TPSA) is 20.2 Å². The van der Waals surface area contributed by atoms with Crippen molar-refractivity contribution in [3.63, 3.8) is 0 Å². The van der Waals surface area contributed by atoms with Crippen molar-refractivity contribution in [3.8, 4) is 5.75 Å². The number of phenols is 1. The molecule has 0 spiro atoms. The molecule has 0 atom stereocenters. The Labute approximate surface area is 102 Å². The zero-order valence-electron chi connectivity index (χ0n) is 10.1. The number of phenolic OH excluding ortho intramolecular Hbond substituents is 1. The summed E-state index contributed by atoms with van der Waals surface area (Å²) >= 11 is 0. The van der Waals surface area contributed by atoms with Crippen LogP contribution in [0.25, 0.3) is 12.2 Å². The second-order valence-electron chi connectivity index (χ2n) is 4.26. The normalized spacial score (nSPS) is 10.9. The quantitative estimate of drug-likeness (QED) is 0.759. The lowest BCUT2D eigenvalue weighted by atomic mass is 10.0. The van der Waals surface area contributed by atoms with Crippen LogP contribution in [0.3, 0.4) is 0 Å². The van der Waals surface area contributed by atoms with Gasteiger partial charge >= 0.3 is 0 Å². The lowest BCUT2D eigenvalue weighted by Gasteiger charge is -2.05. The molecule has 0 saturated carbocycles. The molecule has 0 radical (unpaired) electrons. The van der Waals surface area contributed by atoms with Crippen LogP contribution < -0.4 is 0 Å². The van der Waals surface area contributed by atoms with Crippen LogP contribution in [0.1, 0.15) is 22.3 Å². The minimum atomic E-state index is 0.364. The molecule has 0 heterocycles. The highest BCUT2D eigenvalue weighted by Crippen LogP contribution is 2.25. The zero-order chi connectivity index (χ0) is 12.3. The van der Waals surface area contributed by atoms with Gasteiger partial charge in [-0.05, 0) is 31.0 Å². The Kier molecular flexibility index (Phi) is 3.29. The predicted octanol–water partition coefficient (Wildman–Crippen LogP) is 4.18. The van der Waals surface area contributed by atoms with Crippen LogP contribution in [0.4, 0.5) is 0 Å². The smallest absolute Gasteiger partial charge is 0.125 e. The number of hydrogen-bond donors (Lipinski definition) is 1. The summed E-state index contributed by atoms with van der Waals surface area (Å²) in [4.78, 5) is 0. The molecule has 2 rings (SSSR count). The van der Waals surface area contributed by atoms with Gasteiger partial charge in [-0.1, -0.05) is 54.1 Å². The average molecular weight is 224 g/mol. The van der Waals surface area contributed by atoms with Crippen molar-refractivity contribution in [1.82, 2.24) is 0 Å². The van der Waals surface area contributed by atoms with E-state index >= 15 is 0 Å². The molecule has 0 fully saturated rings. The van der Waals surface area contributed by atoms with Gasteiger partial charge < -0.3 is 5.11 Å². The van der Waals surface area contributed by atoms with Gasteiger partial charge in [0.05, 0.1) is 0 Å². The van der Waals surface area contributed by atoms with E-state index in [1.165, 1.54) is 0 Å². The van der Waals surface area contributed by atoms with Gasteiger partial charge in [-0.15, -0.1) is 0 Å². The van der Waals surface area contributed by atoms with Crippen molar-refractivity contribution >= 4 is 12.2 Å². The van der Waals surface area contributed by atoms with E-state index < -0.39 is 0 Å². The Bertz CT molecular complexity index is 539. The Morgan fingerprint density at radius 1 is 0.941 bits per heavy atom. The van der Waals surface area contributed by atoms with Crippen LogP contribution in [-0.4, -0.2) is 5.11 Å². The second kappa shape index (κ2) is 4.88.